The SMILES string of the molecule is CC(C)(CNC(=O)c1cccnc1)c1ccccn1. The van der Waals surface area contributed by atoms with E-state index in [1.165, 1.54) is 0 Å². The fraction of sp³-hybridized carbons (Fsp3) is 0.267. The van der Waals surface area contributed by atoms with E-state index in [-0.39, 0.29) is 11.3 Å². The maximum atomic E-state index is 12.0. The highest BCUT2D eigenvalue weighted by molar-refractivity contribution is 5.93. The molecule has 98 valence electrons. The van der Waals surface area contributed by atoms with Crippen molar-refractivity contribution in [3.05, 3.63) is 60.2 Å². The summed E-state index contributed by atoms with van der Waals surface area (Å²) in [6, 6.07) is 9.30. The number of nitrogens with one attached hydrogen (secondary N) is 1. The van der Waals surface area contributed by atoms with Crippen molar-refractivity contribution in [1.82, 2.24) is 15.3 Å². The van der Waals surface area contributed by atoms with Gasteiger partial charge in [-0.05, 0) is 24.3 Å². The molecule has 0 aliphatic heterocycles. The highest BCUT2D eigenvalue weighted by atomic mass is 16.1. The first-order valence-electron chi connectivity index (χ1n) is 6.19. The molecule has 2 heterocycles. The fourth-order valence-corrected chi connectivity index (χ4v) is 1.75. The maximum Gasteiger partial charge on any atom is 0.252 e. The molecule has 1 amide bonds. The van der Waals surface area contributed by atoms with E-state index >= 15 is 0 Å². The second kappa shape index (κ2) is 5.61. The van der Waals surface area contributed by atoms with Gasteiger partial charge in [-0.15, -0.1) is 0 Å². The Balaban J connectivity index is 2.01. The van der Waals surface area contributed by atoms with Crippen LogP contribution >= 0.6 is 0 Å². The zero-order chi connectivity index (χ0) is 13.7. The fourth-order valence-electron chi connectivity index (χ4n) is 1.75. The Morgan fingerprint density at radius 1 is 1.21 bits per heavy atom. The number of pyridine rings is 2. The van der Waals surface area contributed by atoms with Gasteiger partial charge in [0.05, 0.1) is 5.56 Å². The lowest BCUT2D eigenvalue weighted by atomic mass is 9.88. The molecule has 2 rings (SSSR count). The topological polar surface area (TPSA) is 54.9 Å². The summed E-state index contributed by atoms with van der Waals surface area (Å²) in [6.45, 7) is 4.63. The minimum atomic E-state index is -0.209. The van der Waals surface area contributed by atoms with E-state index in [0.29, 0.717) is 12.1 Å². The lowest BCUT2D eigenvalue weighted by molar-refractivity contribution is 0.0945. The van der Waals surface area contributed by atoms with Crippen LogP contribution in [0.2, 0.25) is 0 Å². The van der Waals surface area contributed by atoms with Crippen LogP contribution in [-0.2, 0) is 5.41 Å². The zero-order valence-electron chi connectivity index (χ0n) is 11.1. The molecule has 4 nitrogen and oxygen atoms in total. The third-order valence-corrected chi connectivity index (χ3v) is 2.97. The monoisotopic (exact) mass is 255 g/mol. The van der Waals surface area contributed by atoms with E-state index in [2.05, 4.69) is 29.1 Å². The second-order valence-corrected chi connectivity index (χ2v) is 5.02. The number of amides is 1. The molecule has 0 aromatic carbocycles. The average Bonchev–Trinajstić information content (AvgIpc) is 2.47. The van der Waals surface area contributed by atoms with Gasteiger partial charge in [0.2, 0.25) is 0 Å². The molecule has 0 saturated heterocycles. The van der Waals surface area contributed by atoms with E-state index in [4.69, 9.17) is 0 Å². The summed E-state index contributed by atoms with van der Waals surface area (Å²) in [6.07, 6.45) is 4.97. The lowest BCUT2D eigenvalue weighted by Gasteiger charge is -2.24. The molecule has 0 fully saturated rings. The van der Waals surface area contributed by atoms with Gasteiger partial charge in [0.15, 0.2) is 0 Å². The molecular weight excluding hydrogens is 238 g/mol. The summed E-state index contributed by atoms with van der Waals surface area (Å²) >= 11 is 0. The summed E-state index contributed by atoms with van der Waals surface area (Å²) < 4.78 is 0. The molecule has 0 bridgehead atoms. The number of hydrogen-bond donors (Lipinski definition) is 1. The van der Waals surface area contributed by atoms with Gasteiger partial charge >= 0.3 is 0 Å². The Bertz CT molecular complexity index is 538. The third kappa shape index (κ3) is 3.37. The lowest BCUT2D eigenvalue weighted by Crippen LogP contribution is -2.37. The minimum Gasteiger partial charge on any atom is -0.351 e. The van der Waals surface area contributed by atoms with Crippen LogP contribution in [0.5, 0.6) is 0 Å². The Morgan fingerprint density at radius 2 is 2.05 bits per heavy atom. The standard InChI is InChI=1S/C15H17N3O/c1-15(2,13-7-3-4-9-17-13)11-18-14(19)12-6-5-8-16-10-12/h3-10H,11H2,1-2H3,(H,18,19). The van der Waals surface area contributed by atoms with Crippen LogP contribution in [-0.4, -0.2) is 22.4 Å². The maximum absolute atomic E-state index is 12.0. The van der Waals surface area contributed by atoms with Crippen molar-refractivity contribution in [3.63, 3.8) is 0 Å². The molecule has 19 heavy (non-hydrogen) atoms. The van der Waals surface area contributed by atoms with E-state index in [0.717, 1.165) is 5.69 Å². The summed E-state index contributed by atoms with van der Waals surface area (Å²) in [4.78, 5) is 20.2. The van der Waals surface area contributed by atoms with Crippen molar-refractivity contribution in [2.24, 2.45) is 0 Å². The Hall–Kier alpha value is -2.23. The van der Waals surface area contributed by atoms with E-state index in [1.54, 1.807) is 30.7 Å². The second-order valence-electron chi connectivity index (χ2n) is 5.02. The number of hydrogen-bond acceptors (Lipinski definition) is 3. The van der Waals surface area contributed by atoms with Crippen LogP contribution in [0.25, 0.3) is 0 Å². The van der Waals surface area contributed by atoms with E-state index in [9.17, 15) is 4.79 Å². The average molecular weight is 255 g/mol. The van der Waals surface area contributed by atoms with Crippen LogP contribution < -0.4 is 5.32 Å². The molecule has 2 aromatic heterocycles. The predicted molar refractivity (Wildman–Crippen MR) is 73.8 cm³/mol. The third-order valence-electron chi connectivity index (χ3n) is 2.97. The van der Waals surface area contributed by atoms with Gasteiger partial charge < -0.3 is 5.32 Å². The predicted octanol–water partition coefficient (Wildman–Crippen LogP) is 2.18. The quantitative estimate of drug-likeness (QED) is 0.911. The van der Waals surface area contributed by atoms with Gasteiger partial charge in [0, 0.05) is 36.2 Å². The van der Waals surface area contributed by atoms with Gasteiger partial charge in [0.25, 0.3) is 5.91 Å². The summed E-state index contributed by atoms with van der Waals surface area (Å²) in [7, 11) is 0. The molecular formula is C15H17N3O. The van der Waals surface area contributed by atoms with Gasteiger partial charge in [-0.1, -0.05) is 19.9 Å². The minimum absolute atomic E-state index is 0.114. The Labute approximate surface area is 112 Å². The van der Waals surface area contributed by atoms with Gasteiger partial charge in [-0.2, -0.15) is 0 Å². The zero-order valence-corrected chi connectivity index (χ0v) is 11.1. The van der Waals surface area contributed by atoms with Crippen LogP contribution in [0, 0.1) is 0 Å². The van der Waals surface area contributed by atoms with Crippen LogP contribution in [0.4, 0.5) is 0 Å². The molecule has 0 radical (unpaired) electrons. The van der Waals surface area contributed by atoms with Gasteiger partial charge in [-0.25, -0.2) is 0 Å². The van der Waals surface area contributed by atoms with Crippen molar-refractivity contribution in [2.45, 2.75) is 19.3 Å². The first-order chi connectivity index (χ1) is 9.09. The Kier molecular flexibility index (Phi) is 3.90. The molecule has 0 unspecified atom stereocenters. The number of carbonyl (C=O) groups is 1. The number of carbonyl (C=O) groups excluding carboxylic acids is 1. The highest BCUT2D eigenvalue weighted by Crippen LogP contribution is 2.19. The van der Waals surface area contributed by atoms with Crippen molar-refractivity contribution in [3.8, 4) is 0 Å². The molecule has 4 heteroatoms. The molecule has 1 N–H and O–H groups in total. The molecule has 2 aromatic rings. The number of rotatable bonds is 4. The number of nitrogens with zero attached hydrogens (tertiary/aromatic N) is 2. The van der Waals surface area contributed by atoms with Crippen molar-refractivity contribution in [1.29, 1.82) is 0 Å². The summed E-state index contributed by atoms with van der Waals surface area (Å²) in [5, 5.41) is 2.92. The highest BCUT2D eigenvalue weighted by Gasteiger charge is 2.22. The largest absolute Gasteiger partial charge is 0.351 e. The molecule has 0 spiro atoms. The number of aromatic nitrogens is 2. The van der Waals surface area contributed by atoms with Crippen LogP contribution in [0.15, 0.2) is 48.9 Å². The van der Waals surface area contributed by atoms with E-state index in [1.807, 2.05) is 18.2 Å². The van der Waals surface area contributed by atoms with Crippen LogP contribution in [0.3, 0.4) is 0 Å². The molecule has 0 aliphatic carbocycles. The van der Waals surface area contributed by atoms with Gasteiger partial charge in [-0.3, -0.25) is 14.8 Å². The summed E-state index contributed by atoms with van der Waals surface area (Å²) in [5.41, 5.74) is 1.32. The first-order valence-corrected chi connectivity index (χ1v) is 6.19. The molecule has 0 atom stereocenters. The van der Waals surface area contributed by atoms with Gasteiger partial charge in [0.1, 0.15) is 0 Å². The van der Waals surface area contributed by atoms with E-state index < -0.39 is 0 Å². The van der Waals surface area contributed by atoms with Crippen LogP contribution in [0.1, 0.15) is 29.9 Å². The first kappa shape index (κ1) is 13.2. The van der Waals surface area contributed by atoms with Crippen molar-refractivity contribution in [2.75, 3.05) is 6.54 Å². The molecule has 0 aliphatic rings. The van der Waals surface area contributed by atoms with Crippen molar-refractivity contribution >= 4 is 5.91 Å². The van der Waals surface area contributed by atoms with Crippen molar-refractivity contribution < 1.29 is 4.79 Å². The Morgan fingerprint density at radius 3 is 2.68 bits per heavy atom. The molecule has 0 saturated carbocycles. The smallest absolute Gasteiger partial charge is 0.252 e. The summed E-state index contributed by atoms with van der Waals surface area (Å²) in [5.74, 6) is -0.114. The normalized spacial score (nSPS) is 11.1.